The van der Waals surface area contributed by atoms with Gasteiger partial charge in [-0.25, -0.2) is 0 Å². The van der Waals surface area contributed by atoms with Crippen molar-refractivity contribution < 1.29 is 14.2 Å². The van der Waals surface area contributed by atoms with E-state index in [-0.39, 0.29) is 23.0 Å². The summed E-state index contributed by atoms with van der Waals surface area (Å²) in [5.74, 6) is 2.69. The van der Waals surface area contributed by atoms with Crippen LogP contribution in [0.2, 0.25) is 0 Å². The van der Waals surface area contributed by atoms with Gasteiger partial charge in [0.25, 0.3) is 0 Å². The topological polar surface area (TPSA) is 57.0 Å². The first kappa shape index (κ1) is 17.2. The largest absolute Gasteiger partial charge is 0.493 e. The van der Waals surface area contributed by atoms with Gasteiger partial charge < -0.3 is 19.9 Å². The van der Waals surface area contributed by atoms with E-state index in [1.54, 1.807) is 14.2 Å². The zero-order chi connectivity index (χ0) is 19.6. The number of piperidine rings is 1. The third kappa shape index (κ3) is 1.70. The molecule has 0 aromatic heterocycles. The number of hydrogen-bond donors (Lipinski definition) is 1. The van der Waals surface area contributed by atoms with Gasteiger partial charge >= 0.3 is 0 Å². The van der Waals surface area contributed by atoms with Crippen molar-refractivity contribution in [1.82, 2.24) is 4.90 Å². The van der Waals surface area contributed by atoms with E-state index in [4.69, 9.17) is 19.9 Å². The number of rotatable bonds is 4. The standard InChI is InChI=1S/C24H30N2O3/c1-27-16-6-5-15-11-18-22-7-8-24(28-2,17(25)12-22)21-23(22,19(15)20(16)29-21)9-10-26(18)13-14-3-4-14/h5-8,14,17-18,21H,3-4,9-13,25H2,1-2H3/t17?,18-,21?,22-,23+,24-/m1/s1. The number of likely N-dealkylation sites (tertiary alicyclic amines) is 1. The highest BCUT2D eigenvalue weighted by atomic mass is 16.6. The third-order valence-electron chi connectivity index (χ3n) is 9.36. The molecule has 2 aliphatic heterocycles. The number of hydrogen-bond acceptors (Lipinski definition) is 5. The van der Waals surface area contributed by atoms with Gasteiger partial charge in [0.15, 0.2) is 11.5 Å². The van der Waals surface area contributed by atoms with Gasteiger partial charge in [-0.15, -0.1) is 0 Å². The van der Waals surface area contributed by atoms with Gasteiger partial charge in [-0.1, -0.05) is 18.2 Å². The molecule has 5 aliphatic carbocycles. The van der Waals surface area contributed by atoms with Gasteiger partial charge in [0.05, 0.1) is 12.5 Å². The Kier molecular flexibility index (Phi) is 3.07. The summed E-state index contributed by atoms with van der Waals surface area (Å²) in [4.78, 5) is 2.80. The smallest absolute Gasteiger partial charge is 0.166 e. The predicted octanol–water partition coefficient (Wildman–Crippen LogP) is 2.41. The number of ether oxygens (including phenoxy) is 3. The van der Waals surface area contributed by atoms with Crippen LogP contribution < -0.4 is 15.2 Å². The monoisotopic (exact) mass is 394 g/mol. The molecule has 2 spiro atoms. The Labute approximate surface area is 172 Å². The maximum Gasteiger partial charge on any atom is 0.166 e. The molecule has 1 saturated heterocycles. The summed E-state index contributed by atoms with van der Waals surface area (Å²) in [5.41, 5.74) is 9.11. The van der Waals surface area contributed by atoms with Crippen LogP contribution in [-0.4, -0.2) is 56.0 Å². The molecule has 3 fully saturated rings. The van der Waals surface area contributed by atoms with Gasteiger partial charge in [0.1, 0.15) is 11.7 Å². The Morgan fingerprint density at radius 2 is 2.10 bits per heavy atom. The minimum atomic E-state index is -0.566. The molecule has 154 valence electrons. The molecule has 5 nitrogen and oxygen atoms in total. The lowest BCUT2D eigenvalue weighted by molar-refractivity contribution is -0.197. The van der Waals surface area contributed by atoms with Crippen LogP contribution in [0.5, 0.6) is 11.5 Å². The Morgan fingerprint density at radius 3 is 2.83 bits per heavy atom. The first-order chi connectivity index (χ1) is 14.1. The van der Waals surface area contributed by atoms with Crippen molar-refractivity contribution in [2.24, 2.45) is 17.1 Å². The van der Waals surface area contributed by atoms with Gasteiger partial charge in [-0.3, -0.25) is 4.90 Å². The van der Waals surface area contributed by atoms with Crippen LogP contribution in [0, 0.1) is 11.3 Å². The fraction of sp³-hybridized carbons (Fsp3) is 0.667. The number of nitrogens with two attached hydrogens (primary N) is 1. The van der Waals surface area contributed by atoms with E-state index >= 15 is 0 Å². The Hall–Kier alpha value is -1.56. The van der Waals surface area contributed by atoms with E-state index in [1.165, 1.54) is 30.5 Å². The van der Waals surface area contributed by atoms with E-state index in [0.717, 1.165) is 43.2 Å². The molecule has 29 heavy (non-hydrogen) atoms. The SMILES string of the molecule is COc1ccc2c3c1OC1[C@@]4(OC)C=C[C@@]5(CC4N)[C@@H](C2)N(CC2CC2)CC[C@]315. The molecule has 6 atom stereocenters. The minimum Gasteiger partial charge on any atom is -0.493 e. The van der Waals surface area contributed by atoms with E-state index in [1.807, 2.05) is 0 Å². The molecular formula is C24H30N2O3. The third-order valence-corrected chi connectivity index (χ3v) is 9.36. The quantitative estimate of drug-likeness (QED) is 0.795. The van der Waals surface area contributed by atoms with Crippen LogP contribution in [0.3, 0.4) is 0 Å². The first-order valence-electron chi connectivity index (χ1n) is 11.2. The predicted molar refractivity (Wildman–Crippen MR) is 109 cm³/mol. The van der Waals surface area contributed by atoms with E-state index < -0.39 is 5.60 Å². The summed E-state index contributed by atoms with van der Waals surface area (Å²) in [7, 11) is 3.54. The minimum absolute atomic E-state index is 0.0229. The molecule has 0 radical (unpaired) electrons. The summed E-state index contributed by atoms with van der Waals surface area (Å²) in [5, 5.41) is 0. The molecule has 2 saturated carbocycles. The van der Waals surface area contributed by atoms with Crippen molar-refractivity contribution in [3.63, 3.8) is 0 Å². The van der Waals surface area contributed by atoms with Gasteiger partial charge in [-0.2, -0.15) is 0 Å². The number of benzene rings is 1. The molecule has 0 amide bonds. The average molecular weight is 395 g/mol. The van der Waals surface area contributed by atoms with E-state index in [2.05, 4.69) is 29.2 Å². The van der Waals surface area contributed by atoms with Crippen molar-refractivity contribution in [2.45, 2.75) is 61.3 Å². The van der Waals surface area contributed by atoms with Crippen LogP contribution in [0.15, 0.2) is 24.3 Å². The maximum absolute atomic E-state index is 6.86. The first-order valence-corrected chi connectivity index (χ1v) is 11.2. The molecule has 8 rings (SSSR count). The van der Waals surface area contributed by atoms with Crippen molar-refractivity contribution in [1.29, 1.82) is 0 Å². The fourth-order valence-electron chi connectivity index (χ4n) is 7.98. The molecule has 2 unspecified atom stereocenters. The highest BCUT2D eigenvalue weighted by Crippen LogP contribution is 2.73. The van der Waals surface area contributed by atoms with Crippen molar-refractivity contribution in [3.8, 4) is 11.5 Å². The fourth-order valence-corrected chi connectivity index (χ4v) is 7.98. The van der Waals surface area contributed by atoms with Crippen molar-refractivity contribution >= 4 is 0 Å². The van der Waals surface area contributed by atoms with E-state index in [0.29, 0.717) is 6.04 Å². The lowest BCUT2D eigenvalue weighted by Crippen LogP contribution is -2.81. The number of fused-ring (bicyclic) bond motifs is 1. The second-order valence-corrected chi connectivity index (χ2v) is 10.3. The highest BCUT2D eigenvalue weighted by molar-refractivity contribution is 5.65. The summed E-state index contributed by atoms with van der Waals surface area (Å²) in [6.07, 6.45) is 10.6. The van der Waals surface area contributed by atoms with Crippen molar-refractivity contribution in [2.75, 3.05) is 27.3 Å². The summed E-state index contributed by atoms with van der Waals surface area (Å²) in [6.45, 7) is 2.38. The second kappa shape index (κ2) is 5.19. The number of nitrogens with zero attached hydrogens (tertiary/aromatic N) is 1. The average Bonchev–Trinajstić information content (AvgIpc) is 3.47. The Bertz CT molecular complexity index is 942. The molecule has 5 heteroatoms. The van der Waals surface area contributed by atoms with Crippen LogP contribution in [0.4, 0.5) is 0 Å². The summed E-state index contributed by atoms with van der Waals surface area (Å²) < 4.78 is 18.8. The molecule has 1 aromatic carbocycles. The molecule has 2 N–H and O–H groups in total. The van der Waals surface area contributed by atoms with E-state index in [9.17, 15) is 0 Å². The highest BCUT2D eigenvalue weighted by Gasteiger charge is 2.78. The summed E-state index contributed by atoms with van der Waals surface area (Å²) >= 11 is 0. The maximum atomic E-state index is 6.86. The molecule has 7 aliphatic rings. The molecular weight excluding hydrogens is 364 g/mol. The zero-order valence-corrected chi connectivity index (χ0v) is 17.3. The van der Waals surface area contributed by atoms with Gasteiger partial charge in [0, 0.05) is 36.7 Å². The van der Waals surface area contributed by atoms with Gasteiger partial charge in [-0.05, 0) is 56.2 Å². The summed E-state index contributed by atoms with van der Waals surface area (Å²) in [6, 6.07) is 4.82. The van der Waals surface area contributed by atoms with Crippen LogP contribution in [0.1, 0.15) is 36.8 Å². The Morgan fingerprint density at radius 1 is 1.24 bits per heavy atom. The van der Waals surface area contributed by atoms with Crippen LogP contribution in [0.25, 0.3) is 0 Å². The van der Waals surface area contributed by atoms with Crippen molar-refractivity contribution in [3.05, 3.63) is 35.4 Å². The lowest BCUT2D eigenvalue weighted by Gasteiger charge is -2.71. The van der Waals surface area contributed by atoms with Gasteiger partial charge in [0.2, 0.25) is 0 Å². The zero-order valence-electron chi connectivity index (χ0n) is 17.3. The number of methoxy groups -OCH3 is 2. The van der Waals surface area contributed by atoms with Crippen LogP contribution >= 0.6 is 0 Å². The molecule has 4 bridgehead atoms. The molecule has 2 heterocycles. The molecule has 1 aromatic rings. The van der Waals surface area contributed by atoms with Crippen LogP contribution in [-0.2, 0) is 16.6 Å². The Balaban J connectivity index is 1.51. The lowest BCUT2D eigenvalue weighted by atomic mass is 9.38. The normalized spacial score (nSPS) is 45.8. The second-order valence-electron chi connectivity index (χ2n) is 10.3.